The smallest absolute Gasteiger partial charge is 0.306 e. The van der Waals surface area contributed by atoms with E-state index in [0.717, 1.165) is 31.3 Å². The molecule has 0 spiro atoms. The van der Waals surface area contributed by atoms with Crippen molar-refractivity contribution in [2.24, 2.45) is 57.8 Å². The number of aliphatic carboxylic acids is 2. The molecule has 0 radical (unpaired) electrons. The van der Waals surface area contributed by atoms with Crippen molar-refractivity contribution < 1.29 is 49.1 Å². The van der Waals surface area contributed by atoms with E-state index in [1.165, 1.54) is 25.7 Å². The minimum absolute atomic E-state index is 0.0972. The molecule has 294 valence electrons. The lowest BCUT2D eigenvalue weighted by molar-refractivity contribution is -0.307. The van der Waals surface area contributed by atoms with E-state index < -0.39 is 30.0 Å². The van der Waals surface area contributed by atoms with Gasteiger partial charge in [0.05, 0.1) is 26.1 Å². The molecule has 51 heavy (non-hydrogen) atoms. The molecule has 0 aromatic rings. The van der Waals surface area contributed by atoms with Crippen molar-refractivity contribution in [2.45, 2.75) is 137 Å². The molecule has 0 heterocycles. The summed E-state index contributed by atoms with van der Waals surface area (Å²) in [5.41, 5.74) is 10.8. The summed E-state index contributed by atoms with van der Waals surface area (Å²) >= 11 is 0. The molecule has 4 rings (SSSR count). The summed E-state index contributed by atoms with van der Waals surface area (Å²) in [6, 6.07) is 0. The van der Waals surface area contributed by atoms with Crippen molar-refractivity contribution in [1.82, 2.24) is 0 Å². The van der Waals surface area contributed by atoms with Gasteiger partial charge in [-0.05, 0) is 97.9 Å². The second-order valence-electron chi connectivity index (χ2n) is 16.0. The van der Waals surface area contributed by atoms with Crippen LogP contribution in [-0.2, 0) is 28.7 Å². The molecule has 6 N–H and O–H groups in total. The summed E-state index contributed by atoms with van der Waals surface area (Å²) in [6.45, 7) is 12.7. The Morgan fingerprint density at radius 1 is 0.824 bits per heavy atom. The Morgan fingerprint density at radius 2 is 1.39 bits per heavy atom. The molecule has 0 amide bonds. The quantitative estimate of drug-likeness (QED) is 0.141. The lowest BCUT2D eigenvalue weighted by Crippen LogP contribution is -2.55. The van der Waals surface area contributed by atoms with E-state index in [4.69, 9.17) is 31.2 Å². The molecule has 9 atom stereocenters. The van der Waals surface area contributed by atoms with E-state index in [2.05, 4.69) is 40.7 Å². The zero-order valence-corrected chi connectivity index (χ0v) is 31.7. The van der Waals surface area contributed by atoms with Crippen LogP contribution in [0.15, 0.2) is 11.6 Å². The number of esters is 2. The van der Waals surface area contributed by atoms with Crippen LogP contribution >= 0.6 is 0 Å². The molecule has 0 bridgehead atoms. The van der Waals surface area contributed by atoms with Crippen LogP contribution in [0, 0.1) is 46.3 Å². The highest BCUT2D eigenvalue weighted by atomic mass is 16.5. The van der Waals surface area contributed by atoms with Crippen molar-refractivity contribution >= 4 is 23.9 Å². The Bertz CT molecular complexity index is 1150. The average Bonchev–Trinajstić information content (AvgIpc) is 3.44. The van der Waals surface area contributed by atoms with Gasteiger partial charge in [-0.15, -0.1) is 0 Å². The molecular weight excluding hydrogens is 656 g/mol. The molecule has 0 aromatic heterocycles. The predicted molar refractivity (Wildman–Crippen MR) is 189 cm³/mol. The summed E-state index contributed by atoms with van der Waals surface area (Å²) in [4.78, 5) is 47.1. The van der Waals surface area contributed by atoms with Gasteiger partial charge in [-0.3, -0.25) is 9.59 Å². The second kappa shape index (κ2) is 21.2. The van der Waals surface area contributed by atoms with Crippen molar-refractivity contribution in [1.29, 1.82) is 0 Å². The van der Waals surface area contributed by atoms with E-state index in [1.807, 2.05) is 0 Å². The first-order valence-corrected chi connectivity index (χ1v) is 19.2. The van der Waals surface area contributed by atoms with Gasteiger partial charge < -0.3 is 51.0 Å². The third kappa shape index (κ3) is 12.5. The molecule has 8 unspecified atom stereocenters. The van der Waals surface area contributed by atoms with Crippen LogP contribution in [-0.4, -0.2) is 72.6 Å². The number of aliphatic hydroxyl groups is 2. The third-order valence-corrected chi connectivity index (χ3v) is 12.2. The number of hydrogen-bond donors (Lipinski definition) is 4. The number of nitrogens with two attached hydrogens (primary N) is 2. The lowest BCUT2D eigenvalue weighted by atomic mass is 9.46. The van der Waals surface area contributed by atoms with Gasteiger partial charge in [0, 0.05) is 37.4 Å². The molecule has 3 saturated carbocycles. The van der Waals surface area contributed by atoms with Crippen molar-refractivity contribution in [3.05, 3.63) is 11.6 Å². The van der Waals surface area contributed by atoms with Gasteiger partial charge in [0.1, 0.15) is 12.2 Å². The van der Waals surface area contributed by atoms with Crippen LogP contribution in [0.2, 0.25) is 0 Å². The largest absolute Gasteiger partial charge is 0.550 e. The van der Waals surface area contributed by atoms with Crippen LogP contribution < -0.4 is 21.7 Å². The van der Waals surface area contributed by atoms with E-state index in [9.17, 15) is 29.4 Å². The molecular formula is C39H66N2O10-2. The second-order valence-corrected chi connectivity index (χ2v) is 16.0. The highest BCUT2D eigenvalue weighted by molar-refractivity contribution is 5.76. The van der Waals surface area contributed by atoms with Crippen molar-refractivity contribution in [3.8, 4) is 0 Å². The van der Waals surface area contributed by atoms with Gasteiger partial charge >= 0.3 is 11.9 Å². The van der Waals surface area contributed by atoms with Gasteiger partial charge in [-0.25, -0.2) is 0 Å². The molecule has 0 aliphatic heterocycles. The number of carboxylic acids is 2. The summed E-state index contributed by atoms with van der Waals surface area (Å²) in [5.74, 6) is -0.719. The Morgan fingerprint density at radius 3 is 1.92 bits per heavy atom. The predicted octanol–water partition coefficient (Wildman–Crippen LogP) is 2.40. The number of rotatable bonds is 15. The summed E-state index contributed by atoms with van der Waals surface area (Å²) in [5, 5.41) is 37.3. The number of carboxylic acid groups (broad SMARTS) is 2. The molecule has 12 heteroatoms. The third-order valence-electron chi connectivity index (χ3n) is 12.2. The monoisotopic (exact) mass is 722 g/mol. The maximum atomic E-state index is 12.9. The number of ether oxygens (including phenoxy) is 2. The molecule has 3 fully saturated rings. The zero-order chi connectivity index (χ0) is 38.4. The first-order chi connectivity index (χ1) is 24.1. The van der Waals surface area contributed by atoms with E-state index in [1.54, 1.807) is 0 Å². The summed E-state index contributed by atoms with van der Waals surface area (Å²) in [6.07, 6.45) is 10.5. The molecule has 4 aliphatic rings. The van der Waals surface area contributed by atoms with Gasteiger partial charge in [-0.2, -0.15) is 0 Å². The van der Waals surface area contributed by atoms with Crippen LogP contribution in [0.25, 0.3) is 0 Å². The fraction of sp³-hybridized carbons (Fsp3) is 0.846. The number of carbonyl (C=O) groups excluding carboxylic acids is 4. The standard InChI is InChI=1S/C35H54O8.2C2H7NO/c1-21(2)7-6-8-22(3)25-9-10-26-33-27(16-18-35(25,26)5)34(4)17-15-24(42-31(40)13-11-29(36)37)19-23(34)20-28(33)43-32(41)14-12-30(38)39;2*3-1-2-4/h20-22,24-28,33H,6-19H2,1-5H3,(H,36,37)(H,38,39);2*4H,1-3H2/p-2/t22-,24?,25?,26?,27?,28?,33?,34?,35?;;/m1../s1. The number of carbonyl (C=O) groups is 4. The van der Waals surface area contributed by atoms with Gasteiger partial charge in [0.2, 0.25) is 0 Å². The minimum Gasteiger partial charge on any atom is -0.550 e. The first kappa shape index (κ1) is 44.6. The Balaban J connectivity index is 0.00000102. The zero-order valence-electron chi connectivity index (χ0n) is 31.7. The molecule has 0 aromatic carbocycles. The van der Waals surface area contributed by atoms with Crippen LogP contribution in [0.5, 0.6) is 0 Å². The van der Waals surface area contributed by atoms with Gasteiger partial charge in [0.25, 0.3) is 0 Å². The maximum Gasteiger partial charge on any atom is 0.306 e. The Kier molecular flexibility index (Phi) is 18.6. The number of aliphatic hydroxyl groups excluding tert-OH is 2. The topological polar surface area (TPSA) is 225 Å². The fourth-order valence-corrected chi connectivity index (χ4v) is 9.69. The fourth-order valence-electron chi connectivity index (χ4n) is 9.69. The summed E-state index contributed by atoms with van der Waals surface area (Å²) in [7, 11) is 0. The van der Waals surface area contributed by atoms with E-state index in [-0.39, 0.29) is 61.7 Å². The lowest BCUT2D eigenvalue weighted by Gasteiger charge is -2.59. The van der Waals surface area contributed by atoms with Crippen LogP contribution in [0.3, 0.4) is 0 Å². The Hall–Kier alpha value is -2.54. The SMILES string of the molecule is CC(C)CCC[C@@H](C)C1CCC2C3C(OC(=O)CCC(=O)[O-])C=C4CC(OC(=O)CCC(=O)[O-])CCC4(C)C3CCC21C.NCCO.NCCO. The maximum absolute atomic E-state index is 12.9. The highest BCUT2D eigenvalue weighted by Gasteiger charge is 2.62. The Labute approximate surface area is 305 Å². The van der Waals surface area contributed by atoms with Gasteiger partial charge in [0.15, 0.2) is 0 Å². The normalized spacial score (nSPS) is 31.2. The van der Waals surface area contributed by atoms with Crippen LogP contribution in [0.4, 0.5) is 0 Å². The number of fused-ring (bicyclic) bond motifs is 5. The minimum atomic E-state index is -1.28. The number of hydrogen-bond acceptors (Lipinski definition) is 12. The van der Waals surface area contributed by atoms with E-state index in [0.29, 0.717) is 55.5 Å². The van der Waals surface area contributed by atoms with Gasteiger partial charge in [-0.1, -0.05) is 59.5 Å². The average molecular weight is 723 g/mol. The molecule has 12 nitrogen and oxygen atoms in total. The van der Waals surface area contributed by atoms with Crippen molar-refractivity contribution in [2.75, 3.05) is 26.3 Å². The first-order valence-electron chi connectivity index (χ1n) is 19.2. The van der Waals surface area contributed by atoms with E-state index >= 15 is 0 Å². The van der Waals surface area contributed by atoms with Crippen LogP contribution in [0.1, 0.15) is 125 Å². The summed E-state index contributed by atoms with van der Waals surface area (Å²) < 4.78 is 11.8. The molecule has 4 aliphatic carbocycles. The van der Waals surface area contributed by atoms with Crippen molar-refractivity contribution in [3.63, 3.8) is 0 Å². The molecule has 0 saturated heterocycles. The highest BCUT2D eigenvalue weighted by Crippen LogP contribution is 2.67.